The monoisotopic (exact) mass is 346 g/mol. The lowest BCUT2D eigenvalue weighted by molar-refractivity contribution is 0.0580. The van der Waals surface area contributed by atoms with Crippen molar-refractivity contribution in [2.45, 2.75) is 18.9 Å². The number of thiophene rings is 1. The van der Waals surface area contributed by atoms with E-state index in [1.54, 1.807) is 11.3 Å². The number of rotatable bonds is 3. The second kappa shape index (κ2) is 5.32. The van der Waals surface area contributed by atoms with Crippen molar-refractivity contribution >= 4 is 37.4 Å². The standard InChI is InChI=1S/C17H15BrOS/c1-17(19,13-6-8-14(18)9-7-13)10-12-11-20-16-5-3-2-4-15(12)16/h2-9,11,19H,10H2,1H3. The summed E-state index contributed by atoms with van der Waals surface area (Å²) in [5.74, 6) is 0. The van der Waals surface area contributed by atoms with Crippen LogP contribution in [-0.2, 0) is 12.0 Å². The molecule has 1 heterocycles. The molecule has 0 spiro atoms. The summed E-state index contributed by atoms with van der Waals surface area (Å²) in [6.07, 6.45) is 0.624. The van der Waals surface area contributed by atoms with Crippen molar-refractivity contribution < 1.29 is 5.11 Å². The van der Waals surface area contributed by atoms with Gasteiger partial charge in [-0.3, -0.25) is 0 Å². The highest BCUT2D eigenvalue weighted by atomic mass is 79.9. The van der Waals surface area contributed by atoms with Crippen molar-refractivity contribution in [3.8, 4) is 0 Å². The number of halogens is 1. The van der Waals surface area contributed by atoms with Gasteiger partial charge >= 0.3 is 0 Å². The zero-order valence-corrected chi connectivity index (χ0v) is 13.5. The molecule has 20 heavy (non-hydrogen) atoms. The van der Waals surface area contributed by atoms with Gasteiger partial charge in [-0.2, -0.15) is 0 Å². The highest BCUT2D eigenvalue weighted by molar-refractivity contribution is 9.10. The fourth-order valence-electron chi connectivity index (χ4n) is 2.45. The van der Waals surface area contributed by atoms with E-state index < -0.39 is 5.60 Å². The molecule has 1 unspecified atom stereocenters. The topological polar surface area (TPSA) is 20.2 Å². The minimum absolute atomic E-state index is 0.624. The lowest BCUT2D eigenvalue weighted by Crippen LogP contribution is -2.24. The summed E-state index contributed by atoms with van der Waals surface area (Å²) >= 11 is 5.16. The smallest absolute Gasteiger partial charge is 0.0909 e. The third-order valence-electron chi connectivity index (χ3n) is 3.56. The van der Waals surface area contributed by atoms with Gasteiger partial charge in [0.25, 0.3) is 0 Å². The van der Waals surface area contributed by atoms with E-state index in [-0.39, 0.29) is 0 Å². The van der Waals surface area contributed by atoms with E-state index in [0.29, 0.717) is 6.42 Å². The van der Waals surface area contributed by atoms with Crippen LogP contribution in [0.15, 0.2) is 58.4 Å². The van der Waals surface area contributed by atoms with E-state index >= 15 is 0 Å². The first-order valence-corrected chi connectivity index (χ1v) is 8.17. The molecule has 1 nitrogen and oxygen atoms in total. The Morgan fingerprint density at radius 2 is 1.80 bits per heavy atom. The van der Waals surface area contributed by atoms with Gasteiger partial charge in [0.2, 0.25) is 0 Å². The Balaban J connectivity index is 1.94. The predicted molar refractivity (Wildman–Crippen MR) is 89.2 cm³/mol. The summed E-state index contributed by atoms with van der Waals surface area (Å²) in [4.78, 5) is 0. The third kappa shape index (κ3) is 2.66. The molecule has 1 atom stereocenters. The first kappa shape index (κ1) is 13.8. The van der Waals surface area contributed by atoms with Gasteiger partial charge in [0, 0.05) is 15.6 Å². The van der Waals surface area contributed by atoms with Crippen LogP contribution in [0.1, 0.15) is 18.1 Å². The van der Waals surface area contributed by atoms with E-state index in [4.69, 9.17) is 0 Å². The van der Waals surface area contributed by atoms with Gasteiger partial charge in [-0.1, -0.05) is 46.3 Å². The van der Waals surface area contributed by atoms with Crippen molar-refractivity contribution in [3.05, 3.63) is 69.5 Å². The summed E-state index contributed by atoms with van der Waals surface area (Å²) in [6.45, 7) is 1.88. The average Bonchev–Trinajstić information content (AvgIpc) is 2.82. The van der Waals surface area contributed by atoms with E-state index in [9.17, 15) is 5.11 Å². The molecule has 3 aromatic rings. The Hall–Kier alpha value is -1.16. The predicted octanol–water partition coefficient (Wildman–Crippen LogP) is 5.11. The second-order valence-corrected chi connectivity index (χ2v) is 7.04. The summed E-state index contributed by atoms with van der Waals surface area (Å²) in [6, 6.07) is 16.2. The fourth-order valence-corrected chi connectivity index (χ4v) is 3.68. The number of hydrogen-bond acceptors (Lipinski definition) is 2. The molecule has 0 aliphatic carbocycles. The highest BCUT2D eigenvalue weighted by Crippen LogP contribution is 2.32. The average molecular weight is 347 g/mol. The van der Waals surface area contributed by atoms with Crippen LogP contribution in [0.25, 0.3) is 10.1 Å². The first-order chi connectivity index (χ1) is 9.56. The number of aliphatic hydroxyl groups is 1. The summed E-state index contributed by atoms with van der Waals surface area (Å²) < 4.78 is 2.30. The molecule has 0 aliphatic rings. The van der Waals surface area contributed by atoms with Gasteiger partial charge < -0.3 is 5.11 Å². The maximum absolute atomic E-state index is 10.8. The van der Waals surface area contributed by atoms with E-state index in [0.717, 1.165) is 10.0 Å². The molecule has 0 bridgehead atoms. The van der Waals surface area contributed by atoms with E-state index in [1.807, 2.05) is 37.3 Å². The van der Waals surface area contributed by atoms with Crippen LogP contribution in [0, 0.1) is 0 Å². The van der Waals surface area contributed by atoms with Crippen LogP contribution in [0.5, 0.6) is 0 Å². The number of hydrogen-bond donors (Lipinski definition) is 1. The lowest BCUT2D eigenvalue weighted by atomic mass is 9.89. The van der Waals surface area contributed by atoms with Crippen LogP contribution >= 0.6 is 27.3 Å². The van der Waals surface area contributed by atoms with Gasteiger partial charge in [-0.25, -0.2) is 0 Å². The van der Waals surface area contributed by atoms with Crippen molar-refractivity contribution in [2.75, 3.05) is 0 Å². The maximum Gasteiger partial charge on any atom is 0.0909 e. The van der Waals surface area contributed by atoms with Gasteiger partial charge in [0.15, 0.2) is 0 Å². The minimum Gasteiger partial charge on any atom is -0.385 e. The summed E-state index contributed by atoms with van der Waals surface area (Å²) in [7, 11) is 0. The van der Waals surface area contributed by atoms with Crippen LogP contribution in [-0.4, -0.2) is 5.11 Å². The van der Waals surface area contributed by atoms with Gasteiger partial charge in [0.1, 0.15) is 0 Å². The molecule has 0 aliphatic heterocycles. The van der Waals surface area contributed by atoms with Gasteiger partial charge in [-0.15, -0.1) is 11.3 Å². The molecule has 0 saturated carbocycles. The zero-order valence-electron chi connectivity index (χ0n) is 11.1. The fraction of sp³-hybridized carbons (Fsp3) is 0.176. The Bertz CT molecular complexity index is 728. The number of benzene rings is 2. The minimum atomic E-state index is -0.857. The van der Waals surface area contributed by atoms with Gasteiger partial charge in [-0.05, 0) is 47.0 Å². The molecular weight excluding hydrogens is 332 g/mol. The summed E-state index contributed by atoms with van der Waals surface area (Å²) in [5, 5.41) is 14.2. The highest BCUT2D eigenvalue weighted by Gasteiger charge is 2.24. The molecule has 1 aromatic heterocycles. The molecule has 0 amide bonds. The zero-order chi connectivity index (χ0) is 14.2. The quantitative estimate of drug-likeness (QED) is 0.698. The summed E-state index contributed by atoms with van der Waals surface area (Å²) in [5.41, 5.74) is 1.29. The SMILES string of the molecule is CC(O)(Cc1csc2ccccc12)c1ccc(Br)cc1. The van der Waals surface area contributed by atoms with Crippen molar-refractivity contribution in [3.63, 3.8) is 0 Å². The molecule has 1 N–H and O–H groups in total. The molecular formula is C17H15BrOS. The molecule has 3 rings (SSSR count). The maximum atomic E-state index is 10.8. The normalized spacial score (nSPS) is 14.3. The lowest BCUT2D eigenvalue weighted by Gasteiger charge is -2.24. The molecule has 2 aromatic carbocycles. The van der Waals surface area contributed by atoms with Crippen molar-refractivity contribution in [1.82, 2.24) is 0 Å². The molecule has 3 heteroatoms. The van der Waals surface area contributed by atoms with Crippen LogP contribution in [0.2, 0.25) is 0 Å². The van der Waals surface area contributed by atoms with Crippen LogP contribution < -0.4 is 0 Å². The molecule has 0 saturated heterocycles. The van der Waals surface area contributed by atoms with Crippen molar-refractivity contribution in [1.29, 1.82) is 0 Å². The van der Waals surface area contributed by atoms with E-state index in [1.165, 1.54) is 15.6 Å². The Morgan fingerprint density at radius 3 is 2.55 bits per heavy atom. The Kier molecular flexibility index (Phi) is 3.67. The number of fused-ring (bicyclic) bond motifs is 1. The molecule has 102 valence electrons. The largest absolute Gasteiger partial charge is 0.385 e. The Labute approximate surface area is 131 Å². The van der Waals surface area contributed by atoms with Crippen LogP contribution in [0.3, 0.4) is 0 Å². The van der Waals surface area contributed by atoms with E-state index in [2.05, 4.69) is 39.5 Å². The molecule has 0 fully saturated rings. The Morgan fingerprint density at radius 1 is 1.10 bits per heavy atom. The molecule has 0 radical (unpaired) electrons. The second-order valence-electron chi connectivity index (χ2n) is 5.21. The first-order valence-electron chi connectivity index (χ1n) is 6.50. The van der Waals surface area contributed by atoms with Gasteiger partial charge in [0.05, 0.1) is 5.60 Å². The van der Waals surface area contributed by atoms with Crippen molar-refractivity contribution in [2.24, 2.45) is 0 Å². The van der Waals surface area contributed by atoms with Crippen LogP contribution in [0.4, 0.5) is 0 Å². The third-order valence-corrected chi connectivity index (χ3v) is 5.10.